The number of pyridine rings is 1. The maximum absolute atomic E-state index is 13.3. The number of hydrogen-bond donors (Lipinski definition) is 2. The molecule has 2 heterocycles. The largest absolute Gasteiger partial charge is 0.351 e. The summed E-state index contributed by atoms with van der Waals surface area (Å²) >= 11 is 3.28. The molecule has 0 bridgehead atoms. The Morgan fingerprint density at radius 1 is 1.10 bits per heavy atom. The molecule has 1 aromatic carbocycles. The normalized spacial score (nSPS) is 16.3. The highest BCUT2D eigenvalue weighted by molar-refractivity contribution is 9.10. The molecule has 158 valence electrons. The van der Waals surface area contributed by atoms with Crippen LogP contribution in [0.3, 0.4) is 0 Å². The van der Waals surface area contributed by atoms with E-state index >= 15 is 0 Å². The summed E-state index contributed by atoms with van der Waals surface area (Å²) in [6, 6.07) is 6.66. The van der Waals surface area contributed by atoms with E-state index in [9.17, 15) is 18.8 Å². The van der Waals surface area contributed by atoms with Crippen molar-refractivity contribution in [2.24, 2.45) is 5.73 Å². The monoisotopic (exact) mass is 477 g/mol. The van der Waals surface area contributed by atoms with E-state index in [0.717, 1.165) is 0 Å². The first-order valence-electron chi connectivity index (χ1n) is 9.38. The molecule has 2 aromatic rings. The van der Waals surface area contributed by atoms with Gasteiger partial charge >= 0.3 is 0 Å². The number of halogens is 2. The van der Waals surface area contributed by atoms with Gasteiger partial charge in [0.1, 0.15) is 5.82 Å². The molecule has 1 saturated heterocycles. The topological polar surface area (TPSA) is 109 Å². The molecule has 1 unspecified atom stereocenters. The zero-order chi connectivity index (χ0) is 21.7. The fourth-order valence-corrected chi connectivity index (χ4v) is 3.64. The van der Waals surface area contributed by atoms with E-state index in [1.54, 1.807) is 12.3 Å². The van der Waals surface area contributed by atoms with Crippen LogP contribution in [0.25, 0.3) is 0 Å². The molecule has 3 amide bonds. The number of carbonyl (C=O) groups is 3. The number of nitrogens with zero attached hydrogens (tertiary/aromatic N) is 3. The van der Waals surface area contributed by atoms with Gasteiger partial charge in [-0.15, -0.1) is 0 Å². The average Bonchev–Trinajstić information content (AvgIpc) is 2.76. The first kappa shape index (κ1) is 21.8. The second-order valence-electron chi connectivity index (χ2n) is 6.70. The summed E-state index contributed by atoms with van der Waals surface area (Å²) < 4.78 is 13.9. The smallest absolute Gasteiger partial charge is 0.263 e. The lowest BCUT2D eigenvalue weighted by atomic mass is 10.1. The van der Waals surface area contributed by atoms with E-state index < -0.39 is 29.7 Å². The average molecular weight is 478 g/mol. The molecule has 3 rings (SSSR count). The van der Waals surface area contributed by atoms with Crippen LogP contribution in [-0.2, 0) is 4.79 Å². The van der Waals surface area contributed by atoms with Crippen LogP contribution in [-0.4, -0.2) is 64.9 Å². The van der Waals surface area contributed by atoms with Crippen molar-refractivity contribution in [3.63, 3.8) is 0 Å². The molecule has 0 radical (unpaired) electrons. The lowest BCUT2D eigenvalue weighted by Gasteiger charge is -2.42. The van der Waals surface area contributed by atoms with Crippen LogP contribution in [0.2, 0.25) is 0 Å². The van der Waals surface area contributed by atoms with E-state index in [-0.39, 0.29) is 30.8 Å². The molecule has 3 N–H and O–H groups in total. The molecule has 10 heteroatoms. The van der Waals surface area contributed by atoms with E-state index in [1.807, 2.05) is 0 Å². The van der Waals surface area contributed by atoms with Gasteiger partial charge in [-0.1, -0.05) is 0 Å². The third-order valence-electron chi connectivity index (χ3n) is 4.63. The molecule has 0 saturated carbocycles. The SMILES string of the molecule is NCCNC(=O)C1N(C(=O)c2ccc(F)cc2)CCCN1C(=O)c1cncc(Br)c1. The third-order valence-corrected chi connectivity index (χ3v) is 5.06. The van der Waals surface area contributed by atoms with Crippen LogP contribution < -0.4 is 11.1 Å². The summed E-state index contributed by atoms with van der Waals surface area (Å²) in [5.41, 5.74) is 6.00. The van der Waals surface area contributed by atoms with Gasteiger partial charge in [-0.25, -0.2) is 4.39 Å². The molecule has 1 atom stereocenters. The third kappa shape index (κ3) is 4.82. The van der Waals surface area contributed by atoms with Crippen molar-refractivity contribution in [3.8, 4) is 0 Å². The number of rotatable bonds is 5. The molecule has 30 heavy (non-hydrogen) atoms. The predicted molar refractivity (Wildman–Crippen MR) is 111 cm³/mol. The second-order valence-corrected chi connectivity index (χ2v) is 7.62. The highest BCUT2D eigenvalue weighted by Crippen LogP contribution is 2.22. The Balaban J connectivity index is 1.94. The highest BCUT2D eigenvalue weighted by Gasteiger charge is 2.40. The van der Waals surface area contributed by atoms with Crippen molar-refractivity contribution in [1.29, 1.82) is 0 Å². The number of amides is 3. The first-order chi connectivity index (χ1) is 14.4. The summed E-state index contributed by atoms with van der Waals surface area (Å²) in [6.45, 7) is 0.985. The van der Waals surface area contributed by atoms with Crippen LogP contribution in [0.15, 0.2) is 47.2 Å². The molecule has 1 aromatic heterocycles. The van der Waals surface area contributed by atoms with Gasteiger partial charge in [-0.05, 0) is 52.7 Å². The van der Waals surface area contributed by atoms with Gasteiger partial charge in [-0.2, -0.15) is 0 Å². The van der Waals surface area contributed by atoms with E-state index in [1.165, 1.54) is 40.3 Å². The Hall–Kier alpha value is -2.85. The summed E-state index contributed by atoms with van der Waals surface area (Å²) in [5.74, 6) is -1.87. The zero-order valence-electron chi connectivity index (χ0n) is 16.1. The zero-order valence-corrected chi connectivity index (χ0v) is 17.6. The molecule has 0 aliphatic carbocycles. The van der Waals surface area contributed by atoms with Crippen molar-refractivity contribution in [2.75, 3.05) is 26.2 Å². The van der Waals surface area contributed by atoms with Crippen molar-refractivity contribution in [3.05, 3.63) is 64.1 Å². The number of nitrogens with one attached hydrogen (secondary N) is 1. The van der Waals surface area contributed by atoms with Crippen molar-refractivity contribution in [1.82, 2.24) is 20.1 Å². The fraction of sp³-hybridized carbons (Fsp3) is 0.300. The molecular formula is C20H21BrFN5O3. The van der Waals surface area contributed by atoms with Crippen LogP contribution in [0.1, 0.15) is 27.1 Å². The summed E-state index contributed by atoms with van der Waals surface area (Å²) in [4.78, 5) is 45.9. The molecular weight excluding hydrogens is 457 g/mol. The first-order valence-corrected chi connectivity index (χ1v) is 10.2. The minimum absolute atomic E-state index is 0.203. The van der Waals surface area contributed by atoms with Gasteiger partial charge in [0.25, 0.3) is 17.7 Å². The highest BCUT2D eigenvalue weighted by atomic mass is 79.9. The number of aromatic nitrogens is 1. The Morgan fingerprint density at radius 2 is 1.73 bits per heavy atom. The second kappa shape index (κ2) is 9.77. The molecule has 1 aliphatic heterocycles. The summed E-state index contributed by atoms with van der Waals surface area (Å²) in [5, 5.41) is 2.66. The van der Waals surface area contributed by atoms with Crippen molar-refractivity contribution >= 4 is 33.7 Å². The molecule has 0 spiro atoms. The minimum atomic E-state index is -1.16. The maximum Gasteiger partial charge on any atom is 0.263 e. The van der Waals surface area contributed by atoms with Gasteiger partial charge in [0.15, 0.2) is 6.17 Å². The summed E-state index contributed by atoms with van der Waals surface area (Å²) in [7, 11) is 0. The van der Waals surface area contributed by atoms with Crippen LogP contribution in [0.5, 0.6) is 0 Å². The van der Waals surface area contributed by atoms with Crippen LogP contribution in [0, 0.1) is 5.82 Å². The Kier molecular flexibility index (Phi) is 7.11. The Morgan fingerprint density at radius 3 is 2.33 bits per heavy atom. The number of benzene rings is 1. The number of carbonyl (C=O) groups excluding carboxylic acids is 3. The van der Waals surface area contributed by atoms with Crippen LogP contribution >= 0.6 is 15.9 Å². The summed E-state index contributed by atoms with van der Waals surface area (Å²) in [6.07, 6.45) is 2.28. The van der Waals surface area contributed by atoms with Crippen molar-refractivity contribution < 1.29 is 18.8 Å². The van der Waals surface area contributed by atoms with E-state index in [0.29, 0.717) is 17.4 Å². The van der Waals surface area contributed by atoms with E-state index in [2.05, 4.69) is 26.2 Å². The molecule has 1 aliphatic rings. The van der Waals surface area contributed by atoms with Crippen molar-refractivity contribution in [2.45, 2.75) is 12.6 Å². The number of hydrogen-bond acceptors (Lipinski definition) is 5. The minimum Gasteiger partial charge on any atom is -0.351 e. The quantitative estimate of drug-likeness (QED) is 0.675. The standard InChI is InChI=1S/C20H21BrFN5O3/c21-15-10-14(11-24-12-15)20(30)27-9-1-8-26(18(27)17(28)25-7-6-23)19(29)13-2-4-16(22)5-3-13/h2-5,10-12,18H,1,6-9,23H2,(H,25,28). The maximum atomic E-state index is 13.3. The Bertz CT molecular complexity index is 940. The number of nitrogens with two attached hydrogens (primary N) is 1. The van der Waals surface area contributed by atoms with Gasteiger partial charge in [0.05, 0.1) is 5.56 Å². The van der Waals surface area contributed by atoms with Crippen LogP contribution in [0.4, 0.5) is 4.39 Å². The van der Waals surface area contributed by atoms with Gasteiger partial charge < -0.3 is 20.9 Å². The van der Waals surface area contributed by atoms with Gasteiger partial charge in [-0.3, -0.25) is 19.4 Å². The van der Waals surface area contributed by atoms with E-state index in [4.69, 9.17) is 5.73 Å². The van der Waals surface area contributed by atoms with Gasteiger partial charge in [0.2, 0.25) is 0 Å². The lowest BCUT2D eigenvalue weighted by Crippen LogP contribution is -2.63. The predicted octanol–water partition coefficient (Wildman–Crippen LogP) is 1.37. The van der Waals surface area contributed by atoms with Gasteiger partial charge in [0, 0.05) is 48.6 Å². The molecule has 1 fully saturated rings. The molecule has 8 nitrogen and oxygen atoms in total. The Labute approximate surface area is 181 Å². The lowest BCUT2D eigenvalue weighted by molar-refractivity contribution is -0.132. The fourth-order valence-electron chi connectivity index (χ4n) is 3.27.